The number of fused-ring (bicyclic) bond motifs is 9. The Morgan fingerprint density at radius 1 is 0.474 bits per heavy atom. The quantitative estimate of drug-likeness (QED) is 0.135. The van der Waals surface area contributed by atoms with Gasteiger partial charge in [-0.15, -0.1) is 0 Å². The first-order chi connectivity index (χ1) is 28.2. The summed E-state index contributed by atoms with van der Waals surface area (Å²) in [5, 5.41) is 14.5. The van der Waals surface area contributed by atoms with E-state index in [0.717, 1.165) is 44.2 Å². The van der Waals surface area contributed by atoms with Crippen molar-refractivity contribution in [1.82, 2.24) is 15.0 Å². The highest BCUT2D eigenvalue weighted by Gasteiger charge is 2.19. The summed E-state index contributed by atoms with van der Waals surface area (Å²) >= 11 is 0. The number of aromatic nitrogens is 3. The van der Waals surface area contributed by atoms with Crippen LogP contribution < -0.4 is 10.4 Å². The molecule has 2 N–H and O–H groups in total. The molecule has 9 aromatic carbocycles. The summed E-state index contributed by atoms with van der Waals surface area (Å²) in [6, 6.07) is 55.5. The van der Waals surface area contributed by atoms with E-state index in [1.165, 1.54) is 75.9 Å². The lowest BCUT2D eigenvalue weighted by Crippen LogP contribution is -2.23. The standard InChI is InChI=1S/C54H37N3/c1-3-11-34-20-23-38(28-33(34)4-2)51-45-15-8-7-14-44(45)50(39-24-25-40-31-55-32-41(40)29-39)46-27-26-37(30-49(46)51)35-18-21-36(22-19-35)54-56-52-47-16-9-5-12-42(47)43-13-6-10-17-48(43)53(52)57-54/h3-32,55H,1H2,2H3,(H,56,57)/b33-4-,34-11-. The summed E-state index contributed by atoms with van der Waals surface area (Å²) in [7, 11) is 0. The van der Waals surface area contributed by atoms with Crippen molar-refractivity contribution in [2.45, 2.75) is 6.92 Å². The lowest BCUT2D eigenvalue weighted by Gasteiger charge is -2.19. The largest absolute Gasteiger partial charge is 0.366 e. The van der Waals surface area contributed by atoms with E-state index < -0.39 is 0 Å². The summed E-state index contributed by atoms with van der Waals surface area (Å²) in [6.07, 6.45) is 10.3. The lowest BCUT2D eigenvalue weighted by atomic mass is 9.84. The minimum atomic E-state index is 0.870. The molecule has 0 spiro atoms. The number of aromatic amines is 2. The smallest absolute Gasteiger partial charge is 0.138 e. The predicted molar refractivity (Wildman–Crippen MR) is 244 cm³/mol. The maximum absolute atomic E-state index is 5.20. The number of hydrogen-bond acceptors (Lipinski definition) is 1. The van der Waals surface area contributed by atoms with Gasteiger partial charge in [0.2, 0.25) is 0 Å². The van der Waals surface area contributed by atoms with Gasteiger partial charge in [0.15, 0.2) is 0 Å². The molecule has 0 aliphatic heterocycles. The number of imidazole rings is 1. The van der Waals surface area contributed by atoms with Crippen LogP contribution in [0, 0.1) is 0 Å². The molecule has 0 atom stereocenters. The fraction of sp³-hybridized carbons (Fsp3) is 0.0185. The van der Waals surface area contributed by atoms with E-state index >= 15 is 0 Å². The Bertz CT molecular complexity index is 3470. The van der Waals surface area contributed by atoms with E-state index in [0.29, 0.717) is 0 Å². The fourth-order valence-electron chi connectivity index (χ4n) is 9.03. The third kappa shape index (κ3) is 5.24. The molecule has 57 heavy (non-hydrogen) atoms. The molecule has 0 aliphatic carbocycles. The molecule has 0 saturated carbocycles. The zero-order chi connectivity index (χ0) is 38.0. The molecule has 0 amide bonds. The van der Waals surface area contributed by atoms with Crippen LogP contribution in [0.3, 0.4) is 0 Å². The third-order valence-electron chi connectivity index (χ3n) is 11.7. The van der Waals surface area contributed by atoms with E-state index in [4.69, 9.17) is 4.98 Å². The van der Waals surface area contributed by atoms with Crippen molar-refractivity contribution in [1.29, 1.82) is 0 Å². The van der Waals surface area contributed by atoms with Gasteiger partial charge in [-0.3, -0.25) is 0 Å². The van der Waals surface area contributed by atoms with Crippen LogP contribution >= 0.6 is 0 Å². The van der Waals surface area contributed by atoms with Crippen LogP contribution in [0.15, 0.2) is 177 Å². The summed E-state index contributed by atoms with van der Waals surface area (Å²) in [6.45, 7) is 6.07. The molecule has 2 aromatic heterocycles. The minimum absolute atomic E-state index is 0.870. The topological polar surface area (TPSA) is 44.5 Å². The second kappa shape index (κ2) is 13.1. The van der Waals surface area contributed by atoms with Crippen LogP contribution in [0.25, 0.3) is 122 Å². The molecule has 3 heteroatoms. The summed E-state index contributed by atoms with van der Waals surface area (Å²) < 4.78 is 0. The van der Waals surface area contributed by atoms with Gasteiger partial charge in [0, 0.05) is 28.7 Å². The monoisotopic (exact) mass is 727 g/mol. The molecular weight excluding hydrogens is 691 g/mol. The number of nitrogens with one attached hydrogen (secondary N) is 2. The van der Waals surface area contributed by atoms with Crippen LogP contribution in [-0.2, 0) is 0 Å². The maximum Gasteiger partial charge on any atom is 0.138 e. The minimum Gasteiger partial charge on any atom is -0.366 e. The van der Waals surface area contributed by atoms with Gasteiger partial charge < -0.3 is 9.97 Å². The Labute approximate surface area is 329 Å². The van der Waals surface area contributed by atoms with Gasteiger partial charge in [-0.2, -0.15) is 0 Å². The van der Waals surface area contributed by atoms with Gasteiger partial charge >= 0.3 is 0 Å². The maximum atomic E-state index is 5.20. The number of H-pyrrole nitrogens is 2. The molecule has 2 heterocycles. The van der Waals surface area contributed by atoms with Crippen molar-refractivity contribution in [2.75, 3.05) is 0 Å². The van der Waals surface area contributed by atoms with Crippen LogP contribution in [0.1, 0.15) is 6.92 Å². The Morgan fingerprint density at radius 3 is 1.81 bits per heavy atom. The SMILES string of the molecule is C=C/C=c1/ccc(-c2c3ccccc3c(-c3ccc4c[nH]cc4c3)c3ccc(-c4ccc(-c5nc6c7ccccc7c7ccccc7c6[nH]5)cc4)cc23)c/c1=C/C. The average molecular weight is 728 g/mol. The highest BCUT2D eigenvalue weighted by atomic mass is 14.9. The van der Waals surface area contributed by atoms with Crippen molar-refractivity contribution in [3.8, 4) is 44.8 Å². The van der Waals surface area contributed by atoms with Gasteiger partial charge in [0.1, 0.15) is 5.82 Å². The molecule has 0 fully saturated rings. The van der Waals surface area contributed by atoms with Crippen molar-refractivity contribution in [3.63, 3.8) is 0 Å². The second-order valence-electron chi connectivity index (χ2n) is 14.9. The lowest BCUT2D eigenvalue weighted by molar-refractivity contribution is 1.34. The van der Waals surface area contributed by atoms with Gasteiger partial charge in [-0.25, -0.2) is 4.98 Å². The van der Waals surface area contributed by atoms with E-state index in [9.17, 15) is 0 Å². The summed E-state index contributed by atoms with van der Waals surface area (Å²) in [4.78, 5) is 12.2. The van der Waals surface area contributed by atoms with Crippen LogP contribution in [0.5, 0.6) is 0 Å². The van der Waals surface area contributed by atoms with Gasteiger partial charge in [0.05, 0.1) is 11.0 Å². The fourth-order valence-corrected chi connectivity index (χ4v) is 9.03. The molecule has 0 saturated heterocycles. The highest BCUT2D eigenvalue weighted by Crippen LogP contribution is 2.45. The zero-order valence-corrected chi connectivity index (χ0v) is 31.5. The number of allylic oxidation sites excluding steroid dienone is 1. The molecular formula is C54H37N3. The van der Waals surface area contributed by atoms with E-state index in [2.05, 4.69) is 200 Å². The first kappa shape index (κ1) is 32.9. The van der Waals surface area contributed by atoms with Crippen molar-refractivity contribution < 1.29 is 0 Å². The number of nitrogens with zero attached hydrogens (tertiary/aromatic N) is 1. The summed E-state index contributed by atoms with van der Waals surface area (Å²) in [5.74, 6) is 0.870. The molecule has 268 valence electrons. The van der Waals surface area contributed by atoms with Crippen LogP contribution in [0.2, 0.25) is 0 Å². The first-order valence-electron chi connectivity index (χ1n) is 19.5. The molecule has 3 nitrogen and oxygen atoms in total. The number of benzene rings is 9. The zero-order valence-electron chi connectivity index (χ0n) is 31.5. The molecule has 11 rings (SSSR count). The Morgan fingerprint density at radius 2 is 1.05 bits per heavy atom. The highest BCUT2D eigenvalue weighted by molar-refractivity contribution is 6.24. The van der Waals surface area contributed by atoms with Gasteiger partial charge in [0.25, 0.3) is 0 Å². The first-order valence-corrected chi connectivity index (χ1v) is 19.5. The van der Waals surface area contributed by atoms with E-state index in [-0.39, 0.29) is 0 Å². The number of rotatable bonds is 5. The van der Waals surface area contributed by atoms with Gasteiger partial charge in [-0.05, 0) is 112 Å². The van der Waals surface area contributed by atoms with Crippen molar-refractivity contribution in [3.05, 3.63) is 187 Å². The normalized spacial score (nSPS) is 12.6. The second-order valence-corrected chi connectivity index (χ2v) is 14.9. The van der Waals surface area contributed by atoms with Crippen molar-refractivity contribution >= 4 is 77.0 Å². The molecule has 0 radical (unpaired) electrons. The van der Waals surface area contributed by atoms with Crippen LogP contribution in [0.4, 0.5) is 0 Å². The molecule has 11 aromatic rings. The summed E-state index contributed by atoms with van der Waals surface area (Å²) in [5.41, 5.74) is 10.3. The van der Waals surface area contributed by atoms with E-state index in [1.807, 2.05) is 6.08 Å². The third-order valence-corrected chi connectivity index (χ3v) is 11.7. The molecule has 0 aliphatic rings. The predicted octanol–water partition coefficient (Wildman–Crippen LogP) is 13.1. The Kier molecular flexibility index (Phi) is 7.55. The molecule has 0 bridgehead atoms. The van der Waals surface area contributed by atoms with Crippen molar-refractivity contribution in [2.24, 2.45) is 0 Å². The average Bonchev–Trinajstić information content (AvgIpc) is 3.94. The van der Waals surface area contributed by atoms with Crippen LogP contribution in [-0.4, -0.2) is 15.0 Å². The number of hydrogen-bond donors (Lipinski definition) is 2. The molecule has 0 unspecified atom stereocenters. The van der Waals surface area contributed by atoms with E-state index in [1.54, 1.807) is 0 Å². The van der Waals surface area contributed by atoms with Gasteiger partial charge in [-0.1, -0.05) is 158 Å². The Balaban J connectivity index is 1.11. The Hall–Kier alpha value is -7.49.